The van der Waals surface area contributed by atoms with Crippen LogP contribution in [0.25, 0.3) is 0 Å². The molecular formula is C9H13NO2. The number of carbonyl (C=O) groups excluding carboxylic acids is 1. The zero-order valence-electron chi connectivity index (χ0n) is 7.10. The monoisotopic (exact) mass is 167 g/mol. The maximum Gasteiger partial charge on any atom is 0.243 e. The lowest BCUT2D eigenvalue weighted by Gasteiger charge is -2.24. The molecule has 0 saturated heterocycles. The summed E-state index contributed by atoms with van der Waals surface area (Å²) in [4.78, 5) is 10.8. The lowest BCUT2D eigenvalue weighted by Crippen LogP contribution is -2.38. The van der Waals surface area contributed by atoms with Gasteiger partial charge in [-0.3, -0.25) is 10.0 Å². The molecule has 0 heterocycles. The lowest BCUT2D eigenvalue weighted by molar-refractivity contribution is -0.174. The van der Waals surface area contributed by atoms with Gasteiger partial charge in [0, 0.05) is 12.8 Å². The Balaban J connectivity index is 2.64. The summed E-state index contributed by atoms with van der Waals surface area (Å²) in [5.41, 5.74) is 0. The molecule has 0 spiro atoms. The second kappa shape index (κ2) is 3.54. The molecule has 0 aliphatic heterocycles. The summed E-state index contributed by atoms with van der Waals surface area (Å²) in [5, 5.41) is 10.1. The Kier molecular flexibility index (Phi) is 2.65. The quantitative estimate of drug-likeness (QED) is 0.383. The van der Waals surface area contributed by atoms with Crippen molar-refractivity contribution in [3.63, 3.8) is 0 Å². The molecule has 1 N–H and O–H groups in total. The van der Waals surface area contributed by atoms with Crippen LogP contribution in [0.1, 0.15) is 13.3 Å². The van der Waals surface area contributed by atoms with Crippen LogP contribution in [0, 0.1) is 5.92 Å². The van der Waals surface area contributed by atoms with Gasteiger partial charge in [-0.25, -0.2) is 5.06 Å². The molecule has 12 heavy (non-hydrogen) atoms. The molecule has 0 radical (unpaired) electrons. The Hall–Kier alpha value is -1.09. The first-order chi connectivity index (χ1) is 5.66. The van der Waals surface area contributed by atoms with Gasteiger partial charge in [-0.2, -0.15) is 0 Å². The van der Waals surface area contributed by atoms with Crippen LogP contribution in [0.2, 0.25) is 0 Å². The fraction of sp³-hybridized carbons (Fsp3) is 0.444. The van der Waals surface area contributed by atoms with Crippen LogP contribution in [0.3, 0.4) is 0 Å². The lowest BCUT2D eigenvalue weighted by atomic mass is 10.0. The van der Waals surface area contributed by atoms with Crippen molar-refractivity contribution in [1.82, 2.24) is 5.06 Å². The third kappa shape index (κ3) is 1.56. The van der Waals surface area contributed by atoms with Crippen LogP contribution in [-0.2, 0) is 4.79 Å². The molecule has 1 rings (SSSR count). The molecular weight excluding hydrogens is 154 g/mol. The molecule has 1 amide bonds. The zero-order chi connectivity index (χ0) is 9.14. The molecule has 2 atom stereocenters. The van der Waals surface area contributed by atoms with E-state index >= 15 is 0 Å². The van der Waals surface area contributed by atoms with Gasteiger partial charge < -0.3 is 0 Å². The van der Waals surface area contributed by atoms with Crippen molar-refractivity contribution in [2.75, 3.05) is 0 Å². The third-order valence-corrected chi connectivity index (χ3v) is 2.09. The maximum absolute atomic E-state index is 10.8. The molecule has 3 nitrogen and oxygen atoms in total. The van der Waals surface area contributed by atoms with Crippen molar-refractivity contribution in [3.8, 4) is 0 Å². The smallest absolute Gasteiger partial charge is 0.243 e. The molecule has 0 unspecified atom stereocenters. The maximum atomic E-state index is 10.8. The van der Waals surface area contributed by atoms with Gasteiger partial charge in [0.2, 0.25) is 5.91 Å². The van der Waals surface area contributed by atoms with Gasteiger partial charge in [0.15, 0.2) is 0 Å². The minimum atomic E-state index is -0.324. The van der Waals surface area contributed by atoms with E-state index < -0.39 is 0 Å². The Morgan fingerprint density at radius 3 is 3.00 bits per heavy atom. The van der Waals surface area contributed by atoms with Crippen molar-refractivity contribution >= 4 is 5.91 Å². The van der Waals surface area contributed by atoms with Gasteiger partial charge in [0.05, 0.1) is 6.04 Å². The minimum Gasteiger partial charge on any atom is -0.286 e. The first-order valence-corrected chi connectivity index (χ1v) is 3.94. The van der Waals surface area contributed by atoms with Crippen LogP contribution in [0.5, 0.6) is 0 Å². The summed E-state index contributed by atoms with van der Waals surface area (Å²) < 4.78 is 0. The Labute approximate surface area is 71.9 Å². The topological polar surface area (TPSA) is 40.5 Å². The van der Waals surface area contributed by atoms with Crippen molar-refractivity contribution in [3.05, 3.63) is 24.8 Å². The highest BCUT2D eigenvalue weighted by molar-refractivity contribution is 5.72. The molecule has 3 heteroatoms. The normalized spacial score (nSPS) is 27.2. The van der Waals surface area contributed by atoms with Crippen LogP contribution in [0.4, 0.5) is 0 Å². The van der Waals surface area contributed by atoms with E-state index in [2.05, 4.69) is 6.58 Å². The largest absolute Gasteiger partial charge is 0.286 e. The summed E-state index contributed by atoms with van der Waals surface area (Å²) in [7, 11) is 0. The number of hydrogen-bond donors (Lipinski definition) is 1. The van der Waals surface area contributed by atoms with E-state index in [4.69, 9.17) is 0 Å². The summed E-state index contributed by atoms with van der Waals surface area (Å²) in [5.74, 6) is -0.241. The van der Waals surface area contributed by atoms with Crippen LogP contribution in [0.15, 0.2) is 24.8 Å². The number of amides is 1. The van der Waals surface area contributed by atoms with E-state index in [9.17, 15) is 10.0 Å². The first-order valence-electron chi connectivity index (χ1n) is 3.94. The molecule has 66 valence electrons. The van der Waals surface area contributed by atoms with Gasteiger partial charge in [-0.05, 0) is 6.42 Å². The van der Waals surface area contributed by atoms with E-state index in [1.807, 2.05) is 12.2 Å². The molecule has 0 aromatic rings. The predicted molar refractivity (Wildman–Crippen MR) is 45.5 cm³/mol. The van der Waals surface area contributed by atoms with Crippen molar-refractivity contribution in [1.29, 1.82) is 0 Å². The highest BCUT2D eigenvalue weighted by atomic mass is 16.5. The van der Waals surface area contributed by atoms with Crippen molar-refractivity contribution in [2.45, 2.75) is 19.4 Å². The molecule has 1 aliphatic rings. The SMILES string of the molecule is C=C[C@@H]1C=CC[C@H]1N(O)C(C)=O. The molecule has 0 bridgehead atoms. The van der Waals surface area contributed by atoms with E-state index in [-0.39, 0.29) is 17.9 Å². The van der Waals surface area contributed by atoms with Gasteiger partial charge in [0.25, 0.3) is 0 Å². The predicted octanol–water partition coefficient (Wildman–Crippen LogP) is 1.35. The molecule has 0 aromatic carbocycles. The fourth-order valence-corrected chi connectivity index (χ4v) is 1.39. The molecule has 1 aliphatic carbocycles. The average molecular weight is 167 g/mol. The molecule has 0 saturated carbocycles. The van der Waals surface area contributed by atoms with Crippen LogP contribution < -0.4 is 0 Å². The van der Waals surface area contributed by atoms with Crippen LogP contribution in [-0.4, -0.2) is 22.2 Å². The third-order valence-electron chi connectivity index (χ3n) is 2.09. The zero-order valence-corrected chi connectivity index (χ0v) is 7.10. The Bertz CT molecular complexity index is 223. The number of carbonyl (C=O) groups is 1. The summed E-state index contributed by atoms with van der Waals surface area (Å²) in [6, 6.07) is -0.153. The Morgan fingerprint density at radius 2 is 2.50 bits per heavy atom. The van der Waals surface area contributed by atoms with Gasteiger partial charge >= 0.3 is 0 Å². The molecule has 0 aromatic heterocycles. The summed E-state index contributed by atoms with van der Waals surface area (Å²) >= 11 is 0. The van der Waals surface area contributed by atoms with Crippen LogP contribution >= 0.6 is 0 Å². The highest BCUT2D eigenvalue weighted by Gasteiger charge is 2.27. The van der Waals surface area contributed by atoms with E-state index in [0.717, 1.165) is 5.06 Å². The number of rotatable bonds is 2. The van der Waals surface area contributed by atoms with Gasteiger partial charge in [-0.1, -0.05) is 18.2 Å². The number of hydroxylamine groups is 2. The van der Waals surface area contributed by atoms with E-state index in [1.54, 1.807) is 6.08 Å². The minimum absolute atomic E-state index is 0.0823. The summed E-state index contributed by atoms with van der Waals surface area (Å²) in [6.07, 6.45) is 6.33. The standard InChI is InChI=1S/C9H13NO2/c1-3-8-5-4-6-9(8)10(12)7(2)11/h3-5,8-9,12H,1,6H2,2H3/t8-,9-/m1/s1. The highest BCUT2D eigenvalue weighted by Crippen LogP contribution is 2.23. The molecule has 0 fully saturated rings. The number of nitrogens with zero attached hydrogens (tertiary/aromatic N) is 1. The fourth-order valence-electron chi connectivity index (χ4n) is 1.39. The Morgan fingerprint density at radius 1 is 1.83 bits per heavy atom. The number of hydrogen-bond acceptors (Lipinski definition) is 2. The van der Waals surface area contributed by atoms with Crippen molar-refractivity contribution in [2.24, 2.45) is 5.92 Å². The van der Waals surface area contributed by atoms with Gasteiger partial charge in [-0.15, -0.1) is 6.58 Å². The first kappa shape index (κ1) is 9.00. The second-order valence-electron chi connectivity index (χ2n) is 2.91. The second-order valence-corrected chi connectivity index (χ2v) is 2.91. The van der Waals surface area contributed by atoms with E-state index in [0.29, 0.717) is 6.42 Å². The summed E-state index contributed by atoms with van der Waals surface area (Å²) in [6.45, 7) is 4.98. The van der Waals surface area contributed by atoms with E-state index in [1.165, 1.54) is 6.92 Å². The average Bonchev–Trinajstić information content (AvgIpc) is 2.49. The van der Waals surface area contributed by atoms with Gasteiger partial charge in [0.1, 0.15) is 0 Å². The van der Waals surface area contributed by atoms with Crippen molar-refractivity contribution < 1.29 is 10.0 Å².